The summed E-state index contributed by atoms with van der Waals surface area (Å²) in [6.45, 7) is 0. The normalized spacial score (nSPS) is 14.1. The quantitative estimate of drug-likeness (QED) is 0.203. The smallest absolute Gasteiger partial charge is 0.257 e. The highest BCUT2D eigenvalue weighted by Gasteiger charge is 2.23. The summed E-state index contributed by atoms with van der Waals surface area (Å²) < 4.78 is 2.02. The largest absolute Gasteiger partial charge is 0.324 e. The van der Waals surface area contributed by atoms with Crippen LogP contribution in [0.5, 0.6) is 0 Å². The molecule has 1 unspecified atom stereocenters. The molecule has 0 bridgehead atoms. The molecular formula is C35H30ClN7O. The molecule has 6 aromatic rings. The minimum absolute atomic E-state index is 0.279. The van der Waals surface area contributed by atoms with Crippen molar-refractivity contribution in [2.24, 2.45) is 0 Å². The zero-order chi connectivity index (χ0) is 30.2. The van der Waals surface area contributed by atoms with Gasteiger partial charge in [0, 0.05) is 35.4 Å². The fourth-order valence-corrected chi connectivity index (χ4v) is 5.97. The summed E-state index contributed by atoms with van der Waals surface area (Å²) in [5.41, 5.74) is 8.65. The highest BCUT2D eigenvalue weighted by Crippen LogP contribution is 2.34. The van der Waals surface area contributed by atoms with Crippen LogP contribution in [-0.2, 0) is 12.8 Å². The van der Waals surface area contributed by atoms with E-state index < -0.39 is 0 Å². The maximum Gasteiger partial charge on any atom is 0.257 e. The molecule has 0 fully saturated rings. The van der Waals surface area contributed by atoms with Crippen LogP contribution in [0, 0.1) is 0 Å². The van der Waals surface area contributed by atoms with E-state index >= 15 is 0 Å². The number of fused-ring (bicyclic) bond motifs is 2. The predicted octanol–water partition coefficient (Wildman–Crippen LogP) is 7.14. The average Bonchev–Trinajstić information content (AvgIpc) is 3.64. The molecule has 3 aromatic carbocycles. The van der Waals surface area contributed by atoms with Crippen molar-refractivity contribution in [3.05, 3.63) is 125 Å². The fraction of sp³-hybridized carbons (Fsp3) is 0.143. The van der Waals surface area contributed by atoms with E-state index in [9.17, 15) is 4.79 Å². The summed E-state index contributed by atoms with van der Waals surface area (Å²) in [7, 11) is 4.27. The first-order valence-electron chi connectivity index (χ1n) is 14.4. The number of imidazole rings is 1. The molecule has 3 aromatic heterocycles. The highest BCUT2D eigenvalue weighted by molar-refractivity contribution is 6.34. The Hall–Kier alpha value is -5.05. The molecule has 1 amide bonds. The molecule has 1 aliphatic carbocycles. The van der Waals surface area contributed by atoms with Gasteiger partial charge in [-0.3, -0.25) is 9.20 Å². The third kappa shape index (κ3) is 5.41. The number of aromatic nitrogens is 4. The molecule has 1 atom stereocenters. The summed E-state index contributed by atoms with van der Waals surface area (Å²) in [6, 6.07) is 29.4. The number of benzene rings is 3. The highest BCUT2D eigenvalue weighted by atomic mass is 35.5. The zero-order valence-corrected chi connectivity index (χ0v) is 25.1. The Balaban J connectivity index is 1.22. The minimum Gasteiger partial charge on any atom is -0.324 e. The summed E-state index contributed by atoms with van der Waals surface area (Å²) in [6.07, 6.45) is 5.83. The topological polar surface area (TPSA) is 87.5 Å². The Labute approximate surface area is 260 Å². The van der Waals surface area contributed by atoms with Gasteiger partial charge in [0.05, 0.1) is 27.7 Å². The molecule has 3 heterocycles. The lowest BCUT2D eigenvalue weighted by molar-refractivity contribution is 0.102. The van der Waals surface area contributed by atoms with Gasteiger partial charge in [0.1, 0.15) is 5.65 Å². The number of likely N-dealkylation sites (N-methyl/N-ethyl adjacent to an activating group) is 1. The SMILES string of the molecule is CN(C)C1Cc2ccc(Nc3nccc(-c4c(-c5cccc(NC(=O)c6ccccc6Cl)c5)nc5ccccn45)n3)cc2C1. The molecule has 0 radical (unpaired) electrons. The molecule has 0 saturated carbocycles. The van der Waals surface area contributed by atoms with Gasteiger partial charge in [-0.25, -0.2) is 15.0 Å². The summed E-state index contributed by atoms with van der Waals surface area (Å²) in [5, 5.41) is 6.78. The van der Waals surface area contributed by atoms with Crippen LogP contribution in [0.4, 0.5) is 17.3 Å². The van der Waals surface area contributed by atoms with E-state index in [0.717, 1.165) is 46.8 Å². The van der Waals surface area contributed by atoms with Crippen LogP contribution < -0.4 is 10.6 Å². The van der Waals surface area contributed by atoms with Crippen molar-refractivity contribution < 1.29 is 4.79 Å². The first kappa shape index (κ1) is 27.8. The number of carbonyl (C=O) groups excluding carboxylic acids is 1. The van der Waals surface area contributed by atoms with Gasteiger partial charge >= 0.3 is 0 Å². The van der Waals surface area contributed by atoms with Crippen molar-refractivity contribution in [3.63, 3.8) is 0 Å². The Morgan fingerprint density at radius 3 is 2.59 bits per heavy atom. The number of nitrogens with one attached hydrogen (secondary N) is 2. The second-order valence-electron chi connectivity index (χ2n) is 11.2. The lowest BCUT2D eigenvalue weighted by Crippen LogP contribution is -2.27. The van der Waals surface area contributed by atoms with Crippen molar-refractivity contribution in [2.45, 2.75) is 18.9 Å². The van der Waals surface area contributed by atoms with Gasteiger partial charge < -0.3 is 15.5 Å². The van der Waals surface area contributed by atoms with Crippen LogP contribution in [0.3, 0.4) is 0 Å². The molecule has 1 aliphatic rings. The number of pyridine rings is 1. The molecule has 0 saturated heterocycles. The molecule has 0 aliphatic heterocycles. The van der Waals surface area contributed by atoms with Gasteiger partial charge in [0.15, 0.2) is 0 Å². The van der Waals surface area contributed by atoms with E-state index in [4.69, 9.17) is 21.6 Å². The van der Waals surface area contributed by atoms with Crippen LogP contribution in [0.1, 0.15) is 21.5 Å². The van der Waals surface area contributed by atoms with Crippen LogP contribution in [0.25, 0.3) is 28.3 Å². The van der Waals surface area contributed by atoms with E-state index in [0.29, 0.717) is 28.3 Å². The van der Waals surface area contributed by atoms with Crippen molar-refractivity contribution in [1.82, 2.24) is 24.3 Å². The van der Waals surface area contributed by atoms with Gasteiger partial charge in [-0.15, -0.1) is 0 Å². The number of carbonyl (C=O) groups is 1. The molecular weight excluding hydrogens is 570 g/mol. The third-order valence-corrected chi connectivity index (χ3v) is 8.37. The number of amides is 1. The number of rotatable bonds is 7. The molecule has 2 N–H and O–H groups in total. The lowest BCUT2D eigenvalue weighted by Gasteiger charge is -2.17. The zero-order valence-electron chi connectivity index (χ0n) is 24.3. The monoisotopic (exact) mass is 599 g/mol. The van der Waals surface area contributed by atoms with Gasteiger partial charge in [-0.05, 0) is 92.7 Å². The Bertz CT molecular complexity index is 2020. The van der Waals surface area contributed by atoms with Gasteiger partial charge in [-0.1, -0.05) is 48.0 Å². The lowest BCUT2D eigenvalue weighted by atomic mass is 10.1. The van der Waals surface area contributed by atoms with E-state index in [-0.39, 0.29) is 5.91 Å². The molecule has 44 heavy (non-hydrogen) atoms. The average molecular weight is 600 g/mol. The molecule has 7 rings (SSSR count). The first-order valence-corrected chi connectivity index (χ1v) is 14.8. The van der Waals surface area contributed by atoms with Crippen molar-refractivity contribution in [2.75, 3.05) is 24.7 Å². The maximum atomic E-state index is 13.0. The Morgan fingerprint density at radius 2 is 1.73 bits per heavy atom. The van der Waals surface area contributed by atoms with E-state index in [1.807, 2.05) is 59.1 Å². The van der Waals surface area contributed by atoms with E-state index in [2.05, 4.69) is 52.8 Å². The standard InChI is InChI=1S/C35H30ClN7O/c1-42(2)27-20-22-13-14-26(19-24(22)21-27)39-35-37-16-15-30(40-35)33-32(41-31-12-5-6-17-43(31)33)23-8-7-9-25(18-23)38-34(44)28-10-3-4-11-29(28)36/h3-19,27H,20-21H2,1-2H3,(H,38,44)(H,37,39,40). The predicted molar refractivity (Wildman–Crippen MR) is 176 cm³/mol. The Morgan fingerprint density at radius 1 is 0.886 bits per heavy atom. The van der Waals surface area contributed by atoms with Crippen molar-refractivity contribution >= 4 is 40.5 Å². The maximum absolute atomic E-state index is 13.0. The van der Waals surface area contributed by atoms with Crippen molar-refractivity contribution in [3.8, 4) is 22.6 Å². The number of anilines is 3. The van der Waals surface area contributed by atoms with Crippen LogP contribution in [0.2, 0.25) is 5.02 Å². The number of nitrogens with zero attached hydrogens (tertiary/aromatic N) is 5. The van der Waals surface area contributed by atoms with Crippen LogP contribution >= 0.6 is 11.6 Å². The number of hydrogen-bond acceptors (Lipinski definition) is 6. The second kappa shape index (κ2) is 11.6. The second-order valence-corrected chi connectivity index (χ2v) is 11.6. The van der Waals surface area contributed by atoms with Crippen molar-refractivity contribution in [1.29, 1.82) is 0 Å². The first-order chi connectivity index (χ1) is 21.4. The minimum atomic E-state index is -0.279. The molecule has 218 valence electrons. The fourth-order valence-electron chi connectivity index (χ4n) is 5.75. The van der Waals surface area contributed by atoms with Crippen LogP contribution in [0.15, 0.2) is 103 Å². The molecule has 8 nitrogen and oxygen atoms in total. The van der Waals surface area contributed by atoms with Gasteiger partial charge in [0.25, 0.3) is 5.91 Å². The van der Waals surface area contributed by atoms with Gasteiger partial charge in [0.2, 0.25) is 5.95 Å². The van der Waals surface area contributed by atoms with Crippen LogP contribution in [-0.4, -0.2) is 50.3 Å². The summed E-state index contributed by atoms with van der Waals surface area (Å²) in [5.74, 6) is 0.223. The molecule has 9 heteroatoms. The Kier molecular flexibility index (Phi) is 7.29. The summed E-state index contributed by atoms with van der Waals surface area (Å²) >= 11 is 6.26. The number of hydrogen-bond donors (Lipinski definition) is 2. The van der Waals surface area contributed by atoms with E-state index in [1.54, 1.807) is 30.5 Å². The number of halogens is 1. The van der Waals surface area contributed by atoms with E-state index in [1.165, 1.54) is 11.1 Å². The summed E-state index contributed by atoms with van der Waals surface area (Å²) in [4.78, 5) is 29.7. The molecule has 0 spiro atoms. The third-order valence-electron chi connectivity index (χ3n) is 8.04. The van der Waals surface area contributed by atoms with Gasteiger partial charge in [-0.2, -0.15) is 0 Å².